The summed E-state index contributed by atoms with van der Waals surface area (Å²) in [7, 11) is 0. The average molecular weight is 254 g/mol. The van der Waals surface area contributed by atoms with Crippen LogP contribution in [0.2, 0.25) is 0 Å². The third-order valence-corrected chi connectivity index (χ3v) is 1.98. The summed E-state index contributed by atoms with van der Waals surface area (Å²) in [4.78, 5) is 32.8. The molecule has 0 unspecified atom stereocenters. The SMILES string of the molecule is CC(=O)NCC(=O)Nc1cc(F)ccc1C(=O)O. The molecule has 0 aromatic heterocycles. The second kappa shape index (κ2) is 5.76. The fourth-order valence-corrected chi connectivity index (χ4v) is 1.21. The Balaban J connectivity index is 2.82. The van der Waals surface area contributed by atoms with Crippen molar-refractivity contribution in [2.45, 2.75) is 6.92 Å². The topological polar surface area (TPSA) is 95.5 Å². The Hall–Kier alpha value is -2.44. The Morgan fingerprint density at radius 1 is 1.33 bits per heavy atom. The van der Waals surface area contributed by atoms with Gasteiger partial charge in [0.05, 0.1) is 17.8 Å². The van der Waals surface area contributed by atoms with E-state index in [0.29, 0.717) is 0 Å². The number of carbonyl (C=O) groups is 3. The molecule has 0 saturated heterocycles. The number of rotatable bonds is 4. The van der Waals surface area contributed by atoms with Gasteiger partial charge in [0.25, 0.3) is 0 Å². The Kier molecular flexibility index (Phi) is 4.36. The van der Waals surface area contributed by atoms with Gasteiger partial charge in [-0.25, -0.2) is 9.18 Å². The lowest BCUT2D eigenvalue weighted by atomic mass is 10.1. The number of benzene rings is 1. The molecule has 0 atom stereocenters. The molecule has 3 N–H and O–H groups in total. The number of nitrogens with one attached hydrogen (secondary N) is 2. The van der Waals surface area contributed by atoms with Crippen LogP contribution in [0.3, 0.4) is 0 Å². The molecule has 1 aromatic carbocycles. The van der Waals surface area contributed by atoms with Crippen molar-refractivity contribution in [3.8, 4) is 0 Å². The first kappa shape index (κ1) is 13.6. The maximum Gasteiger partial charge on any atom is 0.337 e. The van der Waals surface area contributed by atoms with E-state index in [4.69, 9.17) is 5.11 Å². The molecule has 0 aliphatic rings. The smallest absolute Gasteiger partial charge is 0.337 e. The number of carboxylic acid groups (broad SMARTS) is 1. The number of aromatic carboxylic acids is 1. The van der Waals surface area contributed by atoms with Gasteiger partial charge in [-0.2, -0.15) is 0 Å². The summed E-state index contributed by atoms with van der Waals surface area (Å²) in [5.41, 5.74) is -0.384. The van der Waals surface area contributed by atoms with E-state index in [1.54, 1.807) is 0 Å². The molecule has 18 heavy (non-hydrogen) atoms. The van der Waals surface area contributed by atoms with E-state index >= 15 is 0 Å². The normalized spacial score (nSPS) is 9.67. The average Bonchev–Trinajstić information content (AvgIpc) is 2.26. The molecule has 0 saturated carbocycles. The Labute approximate surface area is 102 Å². The van der Waals surface area contributed by atoms with E-state index in [0.717, 1.165) is 18.2 Å². The number of anilines is 1. The number of hydrogen-bond acceptors (Lipinski definition) is 3. The molecule has 7 heteroatoms. The van der Waals surface area contributed by atoms with Crippen LogP contribution < -0.4 is 10.6 Å². The van der Waals surface area contributed by atoms with Crippen LogP contribution in [-0.2, 0) is 9.59 Å². The van der Waals surface area contributed by atoms with Crippen molar-refractivity contribution in [2.75, 3.05) is 11.9 Å². The maximum absolute atomic E-state index is 13.0. The summed E-state index contributed by atoms with van der Waals surface area (Å²) in [6, 6.07) is 2.92. The second-order valence-electron chi connectivity index (χ2n) is 3.45. The van der Waals surface area contributed by atoms with Gasteiger partial charge in [0.1, 0.15) is 5.82 Å². The third kappa shape index (κ3) is 3.85. The van der Waals surface area contributed by atoms with Crippen molar-refractivity contribution in [3.05, 3.63) is 29.6 Å². The summed E-state index contributed by atoms with van der Waals surface area (Å²) >= 11 is 0. The molecule has 0 radical (unpaired) electrons. The van der Waals surface area contributed by atoms with Crippen molar-refractivity contribution in [2.24, 2.45) is 0 Å². The number of amides is 2. The number of carboxylic acids is 1. The van der Waals surface area contributed by atoms with Crippen LogP contribution in [0.25, 0.3) is 0 Å². The lowest BCUT2D eigenvalue weighted by Crippen LogP contribution is -2.31. The first-order valence-corrected chi connectivity index (χ1v) is 4.97. The fourth-order valence-electron chi connectivity index (χ4n) is 1.21. The van der Waals surface area contributed by atoms with Gasteiger partial charge in [0.15, 0.2) is 0 Å². The molecule has 0 heterocycles. The largest absolute Gasteiger partial charge is 0.478 e. The number of hydrogen-bond donors (Lipinski definition) is 3. The molecular weight excluding hydrogens is 243 g/mol. The van der Waals surface area contributed by atoms with Crippen LogP contribution in [0.5, 0.6) is 0 Å². The van der Waals surface area contributed by atoms with E-state index in [2.05, 4.69) is 10.6 Å². The Morgan fingerprint density at radius 3 is 2.56 bits per heavy atom. The highest BCUT2D eigenvalue weighted by Crippen LogP contribution is 2.17. The fraction of sp³-hybridized carbons (Fsp3) is 0.182. The summed E-state index contributed by atoms with van der Waals surface area (Å²) < 4.78 is 13.0. The number of carbonyl (C=O) groups excluding carboxylic acids is 2. The molecule has 96 valence electrons. The summed E-state index contributed by atoms with van der Waals surface area (Å²) in [6.45, 7) is 0.920. The van der Waals surface area contributed by atoms with Gasteiger partial charge in [0.2, 0.25) is 11.8 Å². The van der Waals surface area contributed by atoms with E-state index in [1.807, 2.05) is 0 Å². The van der Waals surface area contributed by atoms with Gasteiger partial charge in [-0.05, 0) is 18.2 Å². The van der Waals surface area contributed by atoms with E-state index in [1.165, 1.54) is 6.92 Å². The van der Waals surface area contributed by atoms with E-state index in [9.17, 15) is 18.8 Å². The predicted molar refractivity (Wildman–Crippen MR) is 60.7 cm³/mol. The first-order valence-electron chi connectivity index (χ1n) is 4.97. The van der Waals surface area contributed by atoms with Crippen molar-refractivity contribution in [1.82, 2.24) is 5.32 Å². The summed E-state index contributed by atoms with van der Waals surface area (Å²) in [5.74, 6) is -3.00. The van der Waals surface area contributed by atoms with E-state index < -0.39 is 23.6 Å². The first-order chi connectivity index (χ1) is 8.40. The van der Waals surface area contributed by atoms with Gasteiger partial charge in [-0.15, -0.1) is 0 Å². The standard InChI is InChI=1S/C11H11FN2O4/c1-6(15)13-5-10(16)14-9-4-7(12)2-3-8(9)11(17)18/h2-4H,5H2,1H3,(H,13,15)(H,14,16)(H,17,18). The van der Waals surface area contributed by atoms with Crippen LogP contribution in [0, 0.1) is 5.82 Å². The zero-order valence-corrected chi connectivity index (χ0v) is 9.49. The minimum atomic E-state index is -1.29. The van der Waals surface area contributed by atoms with Gasteiger partial charge in [0, 0.05) is 6.92 Å². The molecule has 0 aliphatic heterocycles. The van der Waals surface area contributed by atoms with Gasteiger partial charge < -0.3 is 15.7 Å². The predicted octanol–water partition coefficient (Wildman–Crippen LogP) is 0.599. The second-order valence-corrected chi connectivity index (χ2v) is 3.45. The van der Waals surface area contributed by atoms with Crippen LogP contribution in [0.4, 0.5) is 10.1 Å². The zero-order valence-electron chi connectivity index (χ0n) is 9.49. The van der Waals surface area contributed by atoms with Crippen LogP contribution in [-0.4, -0.2) is 29.4 Å². The van der Waals surface area contributed by atoms with Crippen molar-refractivity contribution >= 4 is 23.5 Å². The molecule has 0 bridgehead atoms. The van der Waals surface area contributed by atoms with E-state index in [-0.39, 0.29) is 17.8 Å². The minimum Gasteiger partial charge on any atom is -0.478 e. The summed E-state index contributed by atoms with van der Waals surface area (Å²) in [6.07, 6.45) is 0. The lowest BCUT2D eigenvalue weighted by Gasteiger charge is -2.08. The Bertz CT molecular complexity index is 502. The highest BCUT2D eigenvalue weighted by atomic mass is 19.1. The van der Waals surface area contributed by atoms with Crippen LogP contribution in [0.15, 0.2) is 18.2 Å². The van der Waals surface area contributed by atoms with Gasteiger partial charge in [-0.1, -0.05) is 0 Å². The maximum atomic E-state index is 13.0. The minimum absolute atomic E-state index is 0.155. The summed E-state index contributed by atoms with van der Waals surface area (Å²) in [5, 5.41) is 13.3. The highest BCUT2D eigenvalue weighted by molar-refractivity contribution is 6.01. The highest BCUT2D eigenvalue weighted by Gasteiger charge is 2.13. The molecule has 0 spiro atoms. The molecular formula is C11H11FN2O4. The van der Waals surface area contributed by atoms with Crippen molar-refractivity contribution in [1.29, 1.82) is 0 Å². The molecule has 2 amide bonds. The number of halogens is 1. The molecule has 1 rings (SSSR count). The third-order valence-electron chi connectivity index (χ3n) is 1.98. The molecule has 1 aromatic rings. The molecule has 6 nitrogen and oxygen atoms in total. The van der Waals surface area contributed by atoms with Crippen LogP contribution >= 0.6 is 0 Å². The molecule has 0 fully saturated rings. The van der Waals surface area contributed by atoms with Crippen molar-refractivity contribution in [3.63, 3.8) is 0 Å². The zero-order chi connectivity index (χ0) is 13.7. The Morgan fingerprint density at radius 2 is 2.00 bits per heavy atom. The monoisotopic (exact) mass is 254 g/mol. The lowest BCUT2D eigenvalue weighted by molar-refractivity contribution is -0.122. The van der Waals surface area contributed by atoms with Gasteiger partial charge in [-0.3, -0.25) is 9.59 Å². The molecule has 0 aliphatic carbocycles. The van der Waals surface area contributed by atoms with Crippen LogP contribution in [0.1, 0.15) is 17.3 Å². The van der Waals surface area contributed by atoms with Gasteiger partial charge >= 0.3 is 5.97 Å². The van der Waals surface area contributed by atoms with Crippen molar-refractivity contribution < 1.29 is 23.9 Å². The quantitative estimate of drug-likeness (QED) is 0.733.